The maximum absolute atomic E-state index is 14.1. The number of aliphatic hydroxyl groups is 1. The van der Waals surface area contributed by atoms with Gasteiger partial charge in [0, 0.05) is 30.5 Å². The van der Waals surface area contributed by atoms with Gasteiger partial charge in [0.05, 0.1) is 11.1 Å². The molecular formula is C25H19BrF4N2O3. The van der Waals surface area contributed by atoms with Gasteiger partial charge >= 0.3 is 0 Å². The fraction of sp³-hybridized carbons (Fsp3) is 0.120. The maximum Gasteiger partial charge on any atom is 0.261 e. The summed E-state index contributed by atoms with van der Waals surface area (Å²) in [7, 11) is 1.85. The number of benzene rings is 3. The molecule has 2 N–H and O–H groups in total. The van der Waals surface area contributed by atoms with Crippen molar-refractivity contribution in [2.45, 2.75) is 0 Å². The van der Waals surface area contributed by atoms with E-state index in [0.29, 0.717) is 6.54 Å². The second-order valence-corrected chi connectivity index (χ2v) is 8.20. The number of hydrogen-bond acceptors (Lipinski definition) is 4. The number of carbonyl (C=O) groups excluding carboxylic acids is 2. The Morgan fingerprint density at radius 1 is 0.943 bits per heavy atom. The van der Waals surface area contributed by atoms with Gasteiger partial charge < -0.3 is 15.3 Å². The molecule has 0 aromatic heterocycles. The summed E-state index contributed by atoms with van der Waals surface area (Å²) in [6.45, 7) is 0.526. The van der Waals surface area contributed by atoms with Crippen molar-refractivity contribution in [2.24, 2.45) is 0 Å². The van der Waals surface area contributed by atoms with E-state index in [2.05, 4.69) is 21.2 Å². The number of rotatable bonds is 8. The Bertz CT molecular complexity index is 1250. The van der Waals surface area contributed by atoms with Crippen molar-refractivity contribution in [3.63, 3.8) is 0 Å². The molecule has 3 aromatic carbocycles. The van der Waals surface area contributed by atoms with Crippen LogP contribution < -0.4 is 10.2 Å². The summed E-state index contributed by atoms with van der Waals surface area (Å²) in [4.78, 5) is 26.6. The largest absolute Gasteiger partial charge is 0.395 e. The highest BCUT2D eigenvalue weighted by atomic mass is 79.9. The number of carbonyl (C=O) groups is 2. The molecule has 0 aliphatic heterocycles. The lowest BCUT2D eigenvalue weighted by Crippen LogP contribution is -2.20. The van der Waals surface area contributed by atoms with E-state index in [-0.39, 0.29) is 23.6 Å². The van der Waals surface area contributed by atoms with Crippen LogP contribution in [0.4, 0.5) is 28.9 Å². The molecule has 0 radical (unpaired) electrons. The summed E-state index contributed by atoms with van der Waals surface area (Å²) in [6, 6.07) is 12.8. The van der Waals surface area contributed by atoms with E-state index in [1.807, 2.05) is 36.2 Å². The molecule has 0 bridgehead atoms. The van der Waals surface area contributed by atoms with Gasteiger partial charge in [0.25, 0.3) is 5.91 Å². The van der Waals surface area contributed by atoms with Crippen LogP contribution in [0.2, 0.25) is 0 Å². The lowest BCUT2D eigenvalue weighted by molar-refractivity contribution is 0.101. The van der Waals surface area contributed by atoms with Crippen LogP contribution in [0.1, 0.15) is 26.3 Å². The minimum Gasteiger partial charge on any atom is -0.395 e. The molecule has 0 saturated carbocycles. The van der Waals surface area contributed by atoms with Crippen LogP contribution in [0.5, 0.6) is 0 Å². The topological polar surface area (TPSA) is 69.6 Å². The minimum atomic E-state index is -1.98. The van der Waals surface area contributed by atoms with Crippen LogP contribution in [-0.4, -0.2) is 37.0 Å². The highest BCUT2D eigenvalue weighted by molar-refractivity contribution is 9.10. The lowest BCUT2D eigenvalue weighted by Gasteiger charge is -2.17. The molecule has 0 heterocycles. The Kier molecular flexibility index (Phi) is 8.42. The molecule has 0 saturated heterocycles. The first-order valence-electron chi connectivity index (χ1n) is 10.2. The molecule has 3 rings (SSSR count). The summed E-state index contributed by atoms with van der Waals surface area (Å²) in [5, 5.41) is 11.2. The van der Waals surface area contributed by atoms with Crippen LogP contribution in [0.3, 0.4) is 0 Å². The quantitative estimate of drug-likeness (QED) is 0.126. The Hall–Kier alpha value is -3.50. The number of nitrogens with one attached hydrogen (secondary N) is 1. The monoisotopic (exact) mass is 550 g/mol. The van der Waals surface area contributed by atoms with Gasteiger partial charge in [-0.1, -0.05) is 18.2 Å². The molecule has 10 heteroatoms. The molecular weight excluding hydrogens is 532 g/mol. The minimum absolute atomic E-state index is 0.0332. The summed E-state index contributed by atoms with van der Waals surface area (Å²) in [6.07, 6.45) is 2.99. The molecule has 35 heavy (non-hydrogen) atoms. The number of allylic oxidation sites excluding steroid dienone is 1. The number of nitrogens with zero attached hydrogens (tertiary/aromatic N) is 1. The number of halogens is 5. The first kappa shape index (κ1) is 26.1. The van der Waals surface area contributed by atoms with E-state index >= 15 is 0 Å². The first-order chi connectivity index (χ1) is 16.6. The molecule has 0 spiro atoms. The molecule has 5 nitrogen and oxygen atoms in total. The number of ketones is 1. The zero-order valence-corrected chi connectivity index (χ0v) is 19.9. The van der Waals surface area contributed by atoms with Gasteiger partial charge in [-0.25, -0.2) is 17.6 Å². The molecule has 3 aromatic rings. The Morgan fingerprint density at radius 3 is 2.17 bits per heavy atom. The fourth-order valence-electron chi connectivity index (χ4n) is 3.10. The highest BCUT2D eigenvalue weighted by Gasteiger charge is 2.28. The molecule has 0 aliphatic rings. The third-order valence-electron chi connectivity index (χ3n) is 5.06. The van der Waals surface area contributed by atoms with Crippen molar-refractivity contribution in [1.82, 2.24) is 0 Å². The van der Waals surface area contributed by atoms with Gasteiger partial charge in [-0.15, -0.1) is 0 Å². The predicted octanol–water partition coefficient (Wildman–Crippen LogP) is 5.58. The van der Waals surface area contributed by atoms with E-state index in [0.717, 1.165) is 11.3 Å². The van der Waals surface area contributed by atoms with E-state index in [1.54, 1.807) is 6.08 Å². The van der Waals surface area contributed by atoms with Crippen molar-refractivity contribution >= 4 is 45.1 Å². The zero-order chi connectivity index (χ0) is 25.7. The average Bonchev–Trinajstić information content (AvgIpc) is 2.86. The standard InChI is InChI=1S/C25H19BrF4N2O3/c1-32(12-13-33)17-9-2-14(3-10-17)4-11-18(34)15-5-7-16(8-6-15)31-25(35)19-21(27)20(26)23(29)24(30)22(19)28/h2-11,33H,12-13H2,1H3,(H,31,35)/b11-4+. The average molecular weight is 551 g/mol. The third-order valence-corrected chi connectivity index (χ3v) is 5.76. The predicted molar refractivity (Wildman–Crippen MR) is 129 cm³/mol. The molecule has 0 fully saturated rings. The summed E-state index contributed by atoms with van der Waals surface area (Å²) in [5.41, 5.74) is 0.775. The maximum atomic E-state index is 14.1. The normalized spacial score (nSPS) is 11.1. The van der Waals surface area contributed by atoms with E-state index < -0.39 is 39.2 Å². The van der Waals surface area contributed by atoms with E-state index in [9.17, 15) is 27.2 Å². The zero-order valence-electron chi connectivity index (χ0n) is 18.3. The van der Waals surface area contributed by atoms with Crippen LogP contribution >= 0.6 is 15.9 Å². The molecule has 182 valence electrons. The Labute approximate surface area is 206 Å². The van der Waals surface area contributed by atoms with Crippen molar-refractivity contribution in [3.8, 4) is 0 Å². The summed E-state index contributed by atoms with van der Waals surface area (Å²) >= 11 is 2.45. The first-order valence-corrected chi connectivity index (χ1v) is 11.0. The summed E-state index contributed by atoms with van der Waals surface area (Å²) in [5.74, 6) is -8.95. The second kappa shape index (κ2) is 11.3. The van der Waals surface area contributed by atoms with Gasteiger partial charge in [-0.05, 0) is 64.0 Å². The van der Waals surface area contributed by atoms with Crippen molar-refractivity contribution in [3.05, 3.63) is 99.0 Å². The summed E-state index contributed by atoms with van der Waals surface area (Å²) < 4.78 is 54.1. The fourth-order valence-corrected chi connectivity index (χ4v) is 3.48. The van der Waals surface area contributed by atoms with Gasteiger partial charge in [-0.3, -0.25) is 9.59 Å². The smallest absolute Gasteiger partial charge is 0.261 e. The number of hydrogen-bond donors (Lipinski definition) is 2. The molecule has 0 atom stereocenters. The van der Waals surface area contributed by atoms with Gasteiger partial charge in [-0.2, -0.15) is 0 Å². The number of anilines is 2. The number of likely N-dealkylation sites (N-methyl/N-ethyl adjacent to an activating group) is 1. The van der Waals surface area contributed by atoms with Crippen molar-refractivity contribution in [2.75, 3.05) is 30.4 Å². The molecule has 0 unspecified atom stereocenters. The highest BCUT2D eigenvalue weighted by Crippen LogP contribution is 2.29. The molecule has 0 aliphatic carbocycles. The van der Waals surface area contributed by atoms with E-state index in [4.69, 9.17) is 5.11 Å². The van der Waals surface area contributed by atoms with Crippen molar-refractivity contribution in [1.29, 1.82) is 0 Å². The number of amides is 1. The lowest BCUT2D eigenvalue weighted by atomic mass is 10.1. The van der Waals surface area contributed by atoms with Crippen LogP contribution in [0.15, 0.2) is 59.1 Å². The molecule has 1 amide bonds. The van der Waals surface area contributed by atoms with Gasteiger partial charge in [0.1, 0.15) is 5.56 Å². The Balaban J connectivity index is 1.68. The van der Waals surface area contributed by atoms with Crippen LogP contribution in [-0.2, 0) is 0 Å². The van der Waals surface area contributed by atoms with Crippen molar-refractivity contribution < 1.29 is 32.3 Å². The van der Waals surface area contributed by atoms with Crippen LogP contribution in [0, 0.1) is 23.3 Å². The van der Waals surface area contributed by atoms with Gasteiger partial charge in [0.15, 0.2) is 29.1 Å². The van der Waals surface area contributed by atoms with Crippen LogP contribution in [0.25, 0.3) is 6.08 Å². The van der Waals surface area contributed by atoms with E-state index in [1.165, 1.54) is 30.3 Å². The second-order valence-electron chi connectivity index (χ2n) is 7.41. The number of aliphatic hydroxyl groups excluding tert-OH is 1. The SMILES string of the molecule is CN(CCO)c1ccc(/C=C/C(=O)c2ccc(NC(=O)c3c(F)c(F)c(F)c(Br)c3F)cc2)cc1. The third kappa shape index (κ3) is 5.95. The van der Waals surface area contributed by atoms with Gasteiger partial charge in [0.2, 0.25) is 0 Å². The Morgan fingerprint density at radius 2 is 1.57 bits per heavy atom.